The van der Waals surface area contributed by atoms with Crippen LogP contribution < -0.4 is 5.32 Å². The van der Waals surface area contributed by atoms with E-state index in [4.69, 9.17) is 49.0 Å². The summed E-state index contributed by atoms with van der Waals surface area (Å²) in [5.74, 6) is -5.22. The Kier molecular flexibility index (Phi) is 11.5. The van der Waals surface area contributed by atoms with Gasteiger partial charge in [-0.15, -0.1) is 23.1 Å². The predicted octanol–water partition coefficient (Wildman–Crippen LogP) is 2.95. The molecule has 3 unspecified atom stereocenters. The second-order valence-corrected chi connectivity index (χ2v) is 13.9. The monoisotopic (exact) mass is 668 g/mol. The molecule has 224 valence electrons. The van der Waals surface area contributed by atoms with Gasteiger partial charge in [0.15, 0.2) is 0 Å². The number of alkyl halides is 3. The quantitative estimate of drug-likeness (QED) is 0.116. The van der Waals surface area contributed by atoms with Crippen LogP contribution in [0.5, 0.6) is 0 Å². The van der Waals surface area contributed by atoms with Gasteiger partial charge >= 0.3 is 17.9 Å². The molecule has 0 saturated carbocycles. The molecule has 2 aliphatic heterocycles. The summed E-state index contributed by atoms with van der Waals surface area (Å²) >= 11 is 19.8. The van der Waals surface area contributed by atoms with E-state index in [-0.39, 0.29) is 30.7 Å². The molecular weight excluding hydrogens is 643 g/mol. The summed E-state index contributed by atoms with van der Waals surface area (Å²) in [6.45, 7) is 2.90. The normalized spacial score (nSPS) is 20.9. The summed E-state index contributed by atoms with van der Waals surface area (Å²) in [6, 6.07) is 2.55. The average Bonchev–Trinajstić information content (AvgIpc) is 3.39. The van der Waals surface area contributed by atoms with Crippen LogP contribution in [-0.2, 0) is 49.4 Å². The zero-order valence-corrected chi connectivity index (χ0v) is 26.0. The molecule has 2 aliphatic rings. The molecule has 1 N–H and O–H groups in total. The molecule has 3 heterocycles. The van der Waals surface area contributed by atoms with Crippen LogP contribution in [0.4, 0.5) is 0 Å². The van der Waals surface area contributed by atoms with Crippen molar-refractivity contribution in [3.8, 4) is 0 Å². The van der Waals surface area contributed by atoms with Crippen molar-refractivity contribution in [2.24, 2.45) is 5.92 Å². The highest BCUT2D eigenvalue weighted by atomic mass is 35.6. The SMILES string of the molecule is CCOC(=O)C(CC1S[C@H]2C(NC(=O)Cc3cccs3)C(=O)N2C(C(=O)OCC(Cl)(Cl)Cl)=C1COC(C)=O)C(C)=O. The smallest absolute Gasteiger partial charge is 0.355 e. The first-order chi connectivity index (χ1) is 19.2. The van der Waals surface area contributed by atoms with E-state index in [2.05, 4.69) is 5.32 Å². The molecule has 3 rings (SSSR count). The molecule has 1 aromatic rings. The number of hydrogen-bond acceptors (Lipinski definition) is 11. The minimum atomic E-state index is -1.96. The number of halogens is 3. The Balaban J connectivity index is 2.00. The highest BCUT2D eigenvalue weighted by molar-refractivity contribution is 8.00. The zero-order chi connectivity index (χ0) is 30.5. The number of ether oxygens (including phenoxy) is 3. The lowest BCUT2D eigenvalue weighted by Crippen LogP contribution is -2.71. The molecule has 41 heavy (non-hydrogen) atoms. The van der Waals surface area contributed by atoms with Crippen LogP contribution in [0.2, 0.25) is 0 Å². The Bertz CT molecular complexity index is 1230. The molecule has 0 aromatic carbocycles. The third kappa shape index (κ3) is 8.60. The lowest BCUT2D eigenvalue weighted by Gasteiger charge is -2.51. The minimum Gasteiger partial charge on any atom is -0.465 e. The standard InChI is InChI=1S/C25H27Cl3N2O9S2/c1-4-37-23(35)15(12(2)31)9-17-16(10-38-13(3)32)20(24(36)39-11-25(26,27)28)30-21(34)19(22(30)41-17)29-18(33)8-14-6-5-7-40-14/h5-7,15,17,19,22H,4,8-11H2,1-3H3,(H,29,33)/t15?,17?,19?,22-/m0/s1. The van der Waals surface area contributed by atoms with E-state index < -0.39 is 75.1 Å². The number of thiophene rings is 1. The summed E-state index contributed by atoms with van der Waals surface area (Å²) in [4.78, 5) is 78.0. The Hall–Kier alpha value is -2.32. The maximum Gasteiger partial charge on any atom is 0.355 e. The van der Waals surface area contributed by atoms with E-state index >= 15 is 0 Å². The van der Waals surface area contributed by atoms with Crippen LogP contribution >= 0.6 is 57.9 Å². The molecule has 0 spiro atoms. The van der Waals surface area contributed by atoms with Crippen molar-refractivity contribution < 1.29 is 43.0 Å². The Morgan fingerprint density at radius 3 is 2.39 bits per heavy atom. The van der Waals surface area contributed by atoms with Gasteiger partial charge in [-0.3, -0.25) is 28.9 Å². The minimum absolute atomic E-state index is 0.0361. The number of hydrogen-bond donors (Lipinski definition) is 1. The number of nitrogens with one attached hydrogen (secondary N) is 1. The number of β-lactam (4-membered cyclic amide) rings is 1. The zero-order valence-electron chi connectivity index (χ0n) is 22.1. The number of ketones is 1. The van der Waals surface area contributed by atoms with E-state index in [1.807, 2.05) is 5.38 Å². The highest BCUT2D eigenvalue weighted by Crippen LogP contribution is 2.47. The van der Waals surface area contributed by atoms with Crippen LogP contribution in [0.3, 0.4) is 0 Å². The molecular formula is C25H27Cl3N2O9S2. The van der Waals surface area contributed by atoms with Crippen LogP contribution in [0.15, 0.2) is 28.8 Å². The van der Waals surface area contributed by atoms with Gasteiger partial charge in [0, 0.05) is 22.6 Å². The number of thioether (sulfide) groups is 1. The summed E-state index contributed by atoms with van der Waals surface area (Å²) in [7, 11) is 0. The molecule has 0 aliphatic carbocycles. The van der Waals surface area contributed by atoms with E-state index in [1.165, 1.54) is 18.3 Å². The van der Waals surface area contributed by atoms with Crippen molar-refractivity contribution in [1.29, 1.82) is 0 Å². The van der Waals surface area contributed by atoms with Gasteiger partial charge in [-0.05, 0) is 31.7 Å². The molecule has 0 radical (unpaired) electrons. The van der Waals surface area contributed by atoms with Gasteiger partial charge in [0.25, 0.3) is 5.91 Å². The predicted molar refractivity (Wildman–Crippen MR) is 152 cm³/mol. The van der Waals surface area contributed by atoms with Crippen LogP contribution in [-0.4, -0.2) is 80.7 Å². The van der Waals surface area contributed by atoms with Crippen LogP contribution in [0.25, 0.3) is 0 Å². The van der Waals surface area contributed by atoms with Gasteiger partial charge in [0.1, 0.15) is 42.0 Å². The highest BCUT2D eigenvalue weighted by Gasteiger charge is 2.57. The maximum absolute atomic E-state index is 13.3. The molecule has 16 heteroatoms. The largest absolute Gasteiger partial charge is 0.465 e. The number of amides is 2. The van der Waals surface area contributed by atoms with E-state index in [0.29, 0.717) is 0 Å². The van der Waals surface area contributed by atoms with Crippen LogP contribution in [0.1, 0.15) is 32.1 Å². The average molecular weight is 670 g/mol. The van der Waals surface area contributed by atoms with Gasteiger partial charge in [0.2, 0.25) is 9.70 Å². The lowest BCUT2D eigenvalue weighted by atomic mass is 9.93. The van der Waals surface area contributed by atoms with Crippen molar-refractivity contribution in [2.75, 3.05) is 19.8 Å². The third-order valence-electron chi connectivity index (χ3n) is 6.01. The summed E-state index contributed by atoms with van der Waals surface area (Å²) < 4.78 is 13.5. The summed E-state index contributed by atoms with van der Waals surface area (Å²) in [6.07, 6.45) is -0.103. The fraction of sp³-hybridized carbons (Fsp3) is 0.520. The topological polar surface area (TPSA) is 145 Å². The van der Waals surface area contributed by atoms with Crippen molar-refractivity contribution in [1.82, 2.24) is 10.2 Å². The maximum atomic E-state index is 13.3. The second-order valence-electron chi connectivity index (χ2n) is 9.02. The second kappa shape index (κ2) is 14.2. The van der Waals surface area contributed by atoms with Gasteiger partial charge in [-0.2, -0.15) is 0 Å². The van der Waals surface area contributed by atoms with E-state index in [1.54, 1.807) is 19.1 Å². The fourth-order valence-corrected chi connectivity index (χ4v) is 6.72. The lowest BCUT2D eigenvalue weighted by molar-refractivity contribution is -0.153. The number of carbonyl (C=O) groups is 6. The number of rotatable bonds is 12. The number of Topliss-reactive ketones (excluding diaryl/α,β-unsaturated/α-hetero) is 1. The number of carbonyl (C=O) groups excluding carboxylic acids is 6. The third-order valence-corrected chi connectivity index (χ3v) is 8.79. The molecule has 4 atom stereocenters. The van der Waals surface area contributed by atoms with Crippen molar-refractivity contribution in [3.05, 3.63) is 33.7 Å². The summed E-state index contributed by atoms with van der Waals surface area (Å²) in [5.41, 5.74) is -0.169. The molecule has 1 saturated heterocycles. The fourth-order valence-electron chi connectivity index (χ4n) is 4.20. The Labute approximate surface area is 259 Å². The first-order valence-electron chi connectivity index (χ1n) is 12.3. The number of esters is 3. The Morgan fingerprint density at radius 1 is 1.12 bits per heavy atom. The molecule has 1 aromatic heterocycles. The number of fused-ring (bicyclic) bond motifs is 1. The van der Waals surface area contributed by atoms with E-state index in [0.717, 1.165) is 28.5 Å². The molecule has 2 amide bonds. The van der Waals surface area contributed by atoms with Gasteiger partial charge in [-0.1, -0.05) is 40.9 Å². The first kappa shape index (κ1) is 33.2. The van der Waals surface area contributed by atoms with Crippen LogP contribution in [0, 0.1) is 5.92 Å². The van der Waals surface area contributed by atoms with Gasteiger partial charge in [-0.25, -0.2) is 4.79 Å². The Morgan fingerprint density at radius 2 is 1.83 bits per heavy atom. The molecule has 11 nitrogen and oxygen atoms in total. The summed E-state index contributed by atoms with van der Waals surface area (Å²) in [5, 5.41) is 2.89. The van der Waals surface area contributed by atoms with Crippen molar-refractivity contribution in [2.45, 2.75) is 54.1 Å². The van der Waals surface area contributed by atoms with Gasteiger partial charge in [0.05, 0.1) is 13.0 Å². The number of nitrogens with zero attached hydrogens (tertiary/aromatic N) is 1. The van der Waals surface area contributed by atoms with Crippen molar-refractivity contribution >= 4 is 93.4 Å². The van der Waals surface area contributed by atoms with Gasteiger partial charge < -0.3 is 19.5 Å². The van der Waals surface area contributed by atoms with Crippen molar-refractivity contribution in [3.63, 3.8) is 0 Å². The van der Waals surface area contributed by atoms with E-state index in [9.17, 15) is 28.8 Å². The molecule has 0 bridgehead atoms. The first-order valence-corrected chi connectivity index (χ1v) is 15.3. The molecule has 1 fully saturated rings.